The molecule has 2 N–H and O–H groups in total. The standard InChI is InChI=1S/C14H16N2O4S/c1-8-7-19-10(6-17)5-16(8)13(18)9-2-3-11-12(4-9)20-14(21)15-11/h2-4,8,10,17H,5-7H2,1H3,(H,15,21)/t8-,10-/m0/s1. The highest BCUT2D eigenvalue weighted by Gasteiger charge is 2.30. The smallest absolute Gasteiger partial charge is 0.266 e. The average Bonchev–Trinajstić information content (AvgIpc) is 2.86. The zero-order valence-corrected chi connectivity index (χ0v) is 12.4. The average molecular weight is 308 g/mol. The number of morpholine rings is 1. The number of amides is 1. The Bertz CT molecular complexity index is 723. The van der Waals surface area contributed by atoms with Crippen LogP contribution in [-0.4, -0.2) is 52.8 Å². The Kier molecular flexibility index (Phi) is 3.79. The van der Waals surface area contributed by atoms with Gasteiger partial charge in [0.1, 0.15) is 0 Å². The Balaban J connectivity index is 1.89. The van der Waals surface area contributed by atoms with E-state index in [2.05, 4.69) is 4.98 Å². The van der Waals surface area contributed by atoms with E-state index in [-0.39, 0.29) is 29.5 Å². The molecule has 0 radical (unpaired) electrons. The first kappa shape index (κ1) is 14.2. The highest BCUT2D eigenvalue weighted by atomic mass is 32.1. The van der Waals surface area contributed by atoms with E-state index >= 15 is 0 Å². The van der Waals surface area contributed by atoms with Crippen molar-refractivity contribution in [3.8, 4) is 0 Å². The van der Waals surface area contributed by atoms with Crippen LogP contribution in [-0.2, 0) is 4.74 Å². The summed E-state index contributed by atoms with van der Waals surface area (Å²) in [6, 6.07) is 5.16. The number of carbonyl (C=O) groups is 1. The van der Waals surface area contributed by atoms with Gasteiger partial charge in [0.05, 0.1) is 30.9 Å². The van der Waals surface area contributed by atoms with Crippen LogP contribution in [0.1, 0.15) is 17.3 Å². The van der Waals surface area contributed by atoms with Crippen molar-refractivity contribution in [2.45, 2.75) is 19.1 Å². The second-order valence-corrected chi connectivity index (χ2v) is 5.54. The van der Waals surface area contributed by atoms with Crippen LogP contribution in [0.15, 0.2) is 22.6 Å². The molecular formula is C14H16N2O4S. The van der Waals surface area contributed by atoms with Crippen molar-refractivity contribution >= 4 is 29.2 Å². The highest BCUT2D eigenvalue weighted by molar-refractivity contribution is 7.71. The monoisotopic (exact) mass is 308 g/mol. The molecule has 0 saturated carbocycles. The van der Waals surface area contributed by atoms with Crippen LogP contribution in [0.2, 0.25) is 0 Å². The number of aromatic nitrogens is 1. The van der Waals surface area contributed by atoms with E-state index < -0.39 is 0 Å². The third kappa shape index (κ3) is 2.72. The fourth-order valence-electron chi connectivity index (χ4n) is 2.46. The van der Waals surface area contributed by atoms with E-state index in [0.29, 0.717) is 24.3 Å². The molecule has 3 rings (SSSR count). The fourth-order valence-corrected chi connectivity index (χ4v) is 2.65. The molecule has 2 heterocycles. The van der Waals surface area contributed by atoms with Gasteiger partial charge in [0, 0.05) is 12.1 Å². The predicted molar refractivity (Wildman–Crippen MR) is 78.7 cm³/mol. The molecule has 0 spiro atoms. The normalized spacial score (nSPS) is 22.7. The zero-order chi connectivity index (χ0) is 15.0. The first-order chi connectivity index (χ1) is 10.1. The number of ether oxygens (including phenoxy) is 1. The highest BCUT2D eigenvalue weighted by Crippen LogP contribution is 2.19. The van der Waals surface area contributed by atoms with Gasteiger partial charge >= 0.3 is 0 Å². The van der Waals surface area contributed by atoms with Crippen LogP contribution >= 0.6 is 12.2 Å². The number of rotatable bonds is 2. The van der Waals surface area contributed by atoms with Crippen LogP contribution < -0.4 is 0 Å². The second kappa shape index (κ2) is 5.59. The van der Waals surface area contributed by atoms with Crippen LogP contribution in [0.3, 0.4) is 0 Å². The Morgan fingerprint density at radius 2 is 2.38 bits per heavy atom. The van der Waals surface area contributed by atoms with Crippen LogP contribution in [0.25, 0.3) is 11.1 Å². The number of hydrogen-bond acceptors (Lipinski definition) is 5. The van der Waals surface area contributed by atoms with Crippen LogP contribution in [0.4, 0.5) is 0 Å². The van der Waals surface area contributed by atoms with E-state index in [4.69, 9.17) is 21.4 Å². The summed E-state index contributed by atoms with van der Waals surface area (Å²) in [6.45, 7) is 2.63. The van der Waals surface area contributed by atoms with Crippen LogP contribution in [0.5, 0.6) is 0 Å². The number of aliphatic hydroxyl groups excluding tert-OH is 1. The first-order valence-corrected chi connectivity index (χ1v) is 7.15. The van der Waals surface area contributed by atoms with Gasteiger partial charge in [-0.3, -0.25) is 4.79 Å². The van der Waals surface area contributed by atoms with Gasteiger partial charge in [0.2, 0.25) is 0 Å². The molecular weight excluding hydrogens is 292 g/mol. The number of carbonyl (C=O) groups excluding carboxylic acids is 1. The molecule has 0 bridgehead atoms. The molecule has 1 fully saturated rings. The summed E-state index contributed by atoms with van der Waals surface area (Å²) in [5, 5.41) is 9.20. The molecule has 7 heteroatoms. The third-order valence-corrected chi connectivity index (χ3v) is 3.82. The Morgan fingerprint density at radius 3 is 3.14 bits per heavy atom. The summed E-state index contributed by atoms with van der Waals surface area (Å²) < 4.78 is 10.8. The summed E-state index contributed by atoms with van der Waals surface area (Å²) in [6.07, 6.45) is -0.329. The number of hydrogen-bond donors (Lipinski definition) is 2. The summed E-state index contributed by atoms with van der Waals surface area (Å²) in [7, 11) is 0. The molecule has 1 aliphatic heterocycles. The lowest BCUT2D eigenvalue weighted by atomic mass is 10.1. The van der Waals surface area contributed by atoms with Gasteiger partial charge in [-0.05, 0) is 37.3 Å². The van der Waals surface area contributed by atoms with Crippen LogP contribution in [0, 0.1) is 4.84 Å². The first-order valence-electron chi connectivity index (χ1n) is 6.75. The molecule has 21 heavy (non-hydrogen) atoms. The molecule has 2 aromatic rings. The Morgan fingerprint density at radius 1 is 1.57 bits per heavy atom. The van der Waals surface area contributed by atoms with Crippen molar-refractivity contribution in [1.29, 1.82) is 0 Å². The molecule has 0 aliphatic carbocycles. The lowest BCUT2D eigenvalue weighted by molar-refractivity contribution is -0.0667. The predicted octanol–water partition coefficient (Wildman–Crippen LogP) is 1.71. The number of aliphatic hydroxyl groups is 1. The molecule has 1 saturated heterocycles. The van der Waals surface area contributed by atoms with Crippen molar-refractivity contribution in [2.24, 2.45) is 0 Å². The summed E-state index contributed by atoms with van der Waals surface area (Å²) in [4.78, 5) is 17.5. The third-order valence-electron chi connectivity index (χ3n) is 3.64. The number of fused-ring (bicyclic) bond motifs is 1. The minimum absolute atomic E-state index is 0.0336. The number of nitrogens with zero attached hydrogens (tertiary/aromatic N) is 1. The van der Waals surface area contributed by atoms with Gasteiger partial charge in [0.15, 0.2) is 5.58 Å². The van der Waals surface area contributed by atoms with E-state index in [0.717, 1.165) is 5.52 Å². The molecule has 1 aromatic carbocycles. The lowest BCUT2D eigenvalue weighted by Crippen LogP contribution is -2.52. The van der Waals surface area contributed by atoms with Gasteiger partial charge in [-0.25, -0.2) is 0 Å². The molecule has 6 nitrogen and oxygen atoms in total. The number of aromatic amines is 1. The molecule has 112 valence electrons. The number of nitrogens with one attached hydrogen (secondary N) is 1. The number of H-pyrrole nitrogens is 1. The van der Waals surface area contributed by atoms with E-state index in [9.17, 15) is 9.90 Å². The minimum Gasteiger partial charge on any atom is -0.429 e. The van der Waals surface area contributed by atoms with Gasteiger partial charge in [-0.2, -0.15) is 0 Å². The van der Waals surface area contributed by atoms with Crippen molar-refractivity contribution in [3.63, 3.8) is 0 Å². The Hall–Kier alpha value is -1.70. The molecule has 1 aliphatic rings. The largest absolute Gasteiger partial charge is 0.429 e. The summed E-state index contributed by atoms with van der Waals surface area (Å²) in [5.74, 6) is -0.103. The van der Waals surface area contributed by atoms with Crippen molar-refractivity contribution in [3.05, 3.63) is 28.6 Å². The van der Waals surface area contributed by atoms with E-state index in [1.807, 2.05) is 6.92 Å². The zero-order valence-electron chi connectivity index (χ0n) is 11.5. The van der Waals surface area contributed by atoms with Gasteiger partial charge in [-0.15, -0.1) is 0 Å². The minimum atomic E-state index is -0.329. The van der Waals surface area contributed by atoms with Crippen molar-refractivity contribution in [1.82, 2.24) is 9.88 Å². The maximum absolute atomic E-state index is 12.6. The van der Waals surface area contributed by atoms with Gasteiger partial charge in [0.25, 0.3) is 10.7 Å². The number of benzene rings is 1. The topological polar surface area (TPSA) is 78.7 Å². The van der Waals surface area contributed by atoms with E-state index in [1.54, 1.807) is 23.1 Å². The number of oxazole rings is 1. The Labute approximate surface area is 126 Å². The molecule has 1 aromatic heterocycles. The van der Waals surface area contributed by atoms with Gasteiger partial charge in [-0.1, -0.05) is 0 Å². The van der Waals surface area contributed by atoms with Gasteiger partial charge < -0.3 is 24.1 Å². The maximum atomic E-state index is 12.6. The summed E-state index contributed by atoms with van der Waals surface area (Å²) in [5.41, 5.74) is 1.86. The maximum Gasteiger partial charge on any atom is 0.266 e. The lowest BCUT2D eigenvalue weighted by Gasteiger charge is -2.37. The van der Waals surface area contributed by atoms with Crippen molar-refractivity contribution < 1.29 is 19.1 Å². The van der Waals surface area contributed by atoms with Crippen molar-refractivity contribution in [2.75, 3.05) is 19.8 Å². The van der Waals surface area contributed by atoms with E-state index in [1.165, 1.54) is 0 Å². The SMILES string of the molecule is C[C@H]1CO[C@H](CO)CN1C(=O)c1ccc2[nH]c(=S)oc2c1. The quantitative estimate of drug-likeness (QED) is 0.826. The fraction of sp³-hybridized carbons (Fsp3) is 0.429. The molecule has 0 unspecified atom stereocenters. The molecule has 1 amide bonds. The summed E-state index contributed by atoms with van der Waals surface area (Å²) >= 11 is 4.94. The second-order valence-electron chi connectivity index (χ2n) is 5.17. The molecule has 2 atom stereocenters.